The number of rotatable bonds is 4. The summed E-state index contributed by atoms with van der Waals surface area (Å²) in [7, 11) is 2.12. The van der Waals surface area contributed by atoms with Crippen LogP contribution in [-0.2, 0) is 6.54 Å². The summed E-state index contributed by atoms with van der Waals surface area (Å²) in [5.74, 6) is 0. The summed E-state index contributed by atoms with van der Waals surface area (Å²) < 4.78 is 0. The molecule has 1 unspecified atom stereocenters. The summed E-state index contributed by atoms with van der Waals surface area (Å²) in [6.45, 7) is 16.3. The van der Waals surface area contributed by atoms with Crippen molar-refractivity contribution in [3.8, 4) is 0 Å². The number of benzene rings is 1. The number of hydrogen-bond acceptors (Lipinski definition) is 2. The Balaban J connectivity index is 2.88. The fraction of sp³-hybridized carbons (Fsp3) is 0.667. The van der Waals surface area contributed by atoms with E-state index in [9.17, 15) is 0 Å². The Bertz CT molecular complexity index is 469. The third kappa shape index (κ3) is 5.52. The third-order valence-electron chi connectivity index (χ3n) is 4.05. The van der Waals surface area contributed by atoms with Gasteiger partial charge in [-0.1, -0.05) is 38.4 Å². The molecule has 21 heavy (non-hydrogen) atoms. The van der Waals surface area contributed by atoms with Crippen molar-refractivity contribution in [1.82, 2.24) is 5.32 Å². The molecule has 0 aromatic heterocycles. The predicted molar refractivity (Wildman–Crippen MR) is 95.4 cm³/mol. The third-order valence-corrected chi connectivity index (χ3v) is 4.35. The topological polar surface area (TPSA) is 15.3 Å². The van der Waals surface area contributed by atoms with Crippen molar-refractivity contribution < 1.29 is 0 Å². The van der Waals surface area contributed by atoms with Crippen molar-refractivity contribution in [1.29, 1.82) is 0 Å². The van der Waals surface area contributed by atoms with Crippen molar-refractivity contribution in [3.05, 3.63) is 28.8 Å². The number of hydrogen-bond donors (Lipinski definition) is 1. The Labute approximate surface area is 135 Å². The zero-order valence-corrected chi connectivity index (χ0v) is 15.6. The Morgan fingerprint density at radius 2 is 1.71 bits per heavy atom. The van der Waals surface area contributed by atoms with Gasteiger partial charge in [-0.15, -0.1) is 0 Å². The molecule has 0 bridgehead atoms. The van der Waals surface area contributed by atoms with Crippen LogP contribution < -0.4 is 10.2 Å². The van der Waals surface area contributed by atoms with E-state index < -0.39 is 0 Å². The zero-order valence-electron chi connectivity index (χ0n) is 14.8. The lowest BCUT2D eigenvalue weighted by atomic mass is 9.87. The number of halogens is 1. The van der Waals surface area contributed by atoms with Crippen molar-refractivity contribution >= 4 is 17.3 Å². The highest BCUT2D eigenvalue weighted by Crippen LogP contribution is 2.32. The summed E-state index contributed by atoms with van der Waals surface area (Å²) in [4.78, 5) is 2.27. The van der Waals surface area contributed by atoms with Crippen molar-refractivity contribution in [2.45, 2.75) is 66.6 Å². The van der Waals surface area contributed by atoms with E-state index in [4.69, 9.17) is 11.6 Å². The van der Waals surface area contributed by atoms with E-state index in [1.54, 1.807) is 0 Å². The first-order valence-corrected chi connectivity index (χ1v) is 8.06. The second kappa shape index (κ2) is 6.58. The average Bonchev–Trinajstić information content (AvgIpc) is 2.32. The highest BCUT2D eigenvalue weighted by Gasteiger charge is 2.25. The van der Waals surface area contributed by atoms with Crippen LogP contribution in [0.4, 0.5) is 5.69 Å². The number of nitrogens with zero attached hydrogens (tertiary/aromatic N) is 1. The van der Waals surface area contributed by atoms with E-state index in [0.29, 0.717) is 6.04 Å². The van der Waals surface area contributed by atoms with Gasteiger partial charge in [-0.05, 0) is 50.8 Å². The molecular weight excluding hydrogens is 280 g/mol. The SMILES string of the molecule is CC(N(C)c1ccc(CNC(C)(C)C)cc1Cl)C(C)(C)C. The average molecular weight is 311 g/mol. The molecule has 1 aromatic carbocycles. The fourth-order valence-electron chi connectivity index (χ4n) is 2.10. The second-order valence-corrected chi connectivity index (χ2v) is 8.45. The molecule has 0 amide bonds. The van der Waals surface area contributed by atoms with Gasteiger partial charge in [0.05, 0.1) is 10.7 Å². The molecule has 1 atom stereocenters. The number of anilines is 1. The maximum Gasteiger partial charge on any atom is 0.0642 e. The molecule has 1 N–H and O–H groups in total. The molecule has 2 nitrogen and oxygen atoms in total. The predicted octanol–water partition coefficient (Wildman–Crippen LogP) is 5.10. The van der Waals surface area contributed by atoms with E-state index in [0.717, 1.165) is 17.3 Å². The summed E-state index contributed by atoms with van der Waals surface area (Å²) in [5.41, 5.74) is 2.64. The maximum absolute atomic E-state index is 6.50. The molecule has 0 saturated heterocycles. The fourth-order valence-corrected chi connectivity index (χ4v) is 2.44. The summed E-state index contributed by atoms with van der Waals surface area (Å²) in [6, 6.07) is 6.77. The van der Waals surface area contributed by atoms with Gasteiger partial charge in [0.15, 0.2) is 0 Å². The molecule has 1 aromatic rings. The van der Waals surface area contributed by atoms with E-state index in [-0.39, 0.29) is 11.0 Å². The van der Waals surface area contributed by atoms with Gasteiger partial charge in [0.1, 0.15) is 0 Å². The Morgan fingerprint density at radius 1 is 1.14 bits per heavy atom. The van der Waals surface area contributed by atoms with Crippen LogP contribution in [0.1, 0.15) is 54.0 Å². The lowest BCUT2D eigenvalue weighted by Gasteiger charge is -2.37. The second-order valence-electron chi connectivity index (χ2n) is 8.04. The first-order valence-electron chi connectivity index (χ1n) is 7.68. The van der Waals surface area contributed by atoms with Gasteiger partial charge in [0.2, 0.25) is 0 Å². The van der Waals surface area contributed by atoms with Gasteiger partial charge in [-0.2, -0.15) is 0 Å². The van der Waals surface area contributed by atoms with Crippen LogP contribution in [0.2, 0.25) is 5.02 Å². The van der Waals surface area contributed by atoms with Gasteiger partial charge in [0, 0.05) is 25.2 Å². The van der Waals surface area contributed by atoms with Gasteiger partial charge in [-0.3, -0.25) is 0 Å². The Hall–Kier alpha value is -0.730. The van der Waals surface area contributed by atoms with E-state index in [1.165, 1.54) is 5.56 Å². The molecule has 0 fully saturated rings. The molecule has 0 radical (unpaired) electrons. The first kappa shape index (κ1) is 18.3. The van der Waals surface area contributed by atoms with E-state index in [2.05, 4.69) is 83.9 Å². The monoisotopic (exact) mass is 310 g/mol. The molecule has 3 heteroatoms. The largest absolute Gasteiger partial charge is 0.370 e. The minimum atomic E-state index is 0.114. The van der Waals surface area contributed by atoms with Crippen LogP contribution in [0.15, 0.2) is 18.2 Å². The quantitative estimate of drug-likeness (QED) is 0.832. The summed E-state index contributed by atoms with van der Waals surface area (Å²) in [6.07, 6.45) is 0. The van der Waals surface area contributed by atoms with E-state index >= 15 is 0 Å². The minimum absolute atomic E-state index is 0.114. The van der Waals surface area contributed by atoms with Crippen LogP contribution in [-0.4, -0.2) is 18.6 Å². The molecule has 120 valence electrons. The normalized spacial score (nSPS) is 14.1. The molecule has 0 aliphatic heterocycles. The Morgan fingerprint density at radius 3 is 2.14 bits per heavy atom. The molecule has 0 spiro atoms. The van der Waals surface area contributed by atoms with Gasteiger partial charge >= 0.3 is 0 Å². The summed E-state index contributed by atoms with van der Waals surface area (Å²) >= 11 is 6.50. The molecule has 0 aliphatic carbocycles. The minimum Gasteiger partial charge on any atom is -0.370 e. The highest BCUT2D eigenvalue weighted by atomic mass is 35.5. The van der Waals surface area contributed by atoms with Crippen LogP contribution in [0.3, 0.4) is 0 Å². The standard InChI is InChI=1S/C18H31ClN2/c1-13(17(2,3)4)21(8)16-10-9-14(11-15(16)19)12-20-18(5,6)7/h9-11,13,20H,12H2,1-8H3. The van der Waals surface area contributed by atoms with Crippen molar-refractivity contribution in [2.75, 3.05) is 11.9 Å². The van der Waals surface area contributed by atoms with Crippen molar-refractivity contribution in [3.63, 3.8) is 0 Å². The van der Waals surface area contributed by atoms with Gasteiger partial charge in [-0.25, -0.2) is 0 Å². The van der Waals surface area contributed by atoms with Gasteiger partial charge in [0.25, 0.3) is 0 Å². The van der Waals surface area contributed by atoms with Crippen LogP contribution >= 0.6 is 11.6 Å². The highest BCUT2D eigenvalue weighted by molar-refractivity contribution is 6.33. The number of nitrogens with one attached hydrogen (secondary N) is 1. The lowest BCUT2D eigenvalue weighted by Crippen LogP contribution is -2.39. The molecule has 1 rings (SSSR count). The molecule has 0 aliphatic rings. The van der Waals surface area contributed by atoms with Crippen LogP contribution in [0.5, 0.6) is 0 Å². The first-order chi connectivity index (χ1) is 9.42. The van der Waals surface area contributed by atoms with Crippen molar-refractivity contribution in [2.24, 2.45) is 5.41 Å². The van der Waals surface area contributed by atoms with E-state index in [1.807, 2.05) is 0 Å². The van der Waals surface area contributed by atoms with Gasteiger partial charge < -0.3 is 10.2 Å². The molecule has 0 heterocycles. The Kier molecular flexibility index (Phi) is 5.74. The summed E-state index contributed by atoms with van der Waals surface area (Å²) in [5, 5.41) is 4.31. The van der Waals surface area contributed by atoms with Crippen LogP contribution in [0.25, 0.3) is 0 Å². The smallest absolute Gasteiger partial charge is 0.0642 e. The molecule has 0 saturated carbocycles. The molecular formula is C18H31ClN2. The van der Waals surface area contributed by atoms with Crippen LogP contribution in [0, 0.1) is 5.41 Å². The maximum atomic E-state index is 6.50. The lowest BCUT2D eigenvalue weighted by molar-refractivity contribution is 0.330. The zero-order chi connectivity index (χ0) is 16.4.